The van der Waals surface area contributed by atoms with Crippen molar-refractivity contribution in [1.29, 1.82) is 0 Å². The van der Waals surface area contributed by atoms with Crippen LogP contribution in [0.5, 0.6) is 0 Å². The Hall–Kier alpha value is -1.47. The van der Waals surface area contributed by atoms with Gasteiger partial charge in [-0.15, -0.1) is 11.6 Å². The van der Waals surface area contributed by atoms with Crippen molar-refractivity contribution >= 4 is 17.3 Å². The molecule has 19 heavy (non-hydrogen) atoms. The molecule has 0 aliphatic heterocycles. The Kier molecular flexibility index (Phi) is 5.29. The van der Waals surface area contributed by atoms with E-state index in [0.29, 0.717) is 0 Å². The highest BCUT2D eigenvalue weighted by atomic mass is 35.5. The predicted molar refractivity (Wildman–Crippen MR) is 84.0 cm³/mol. The summed E-state index contributed by atoms with van der Waals surface area (Å²) in [6.07, 6.45) is 2.08. The highest BCUT2D eigenvalue weighted by molar-refractivity contribution is 6.17. The first-order valence-corrected chi connectivity index (χ1v) is 7.26. The zero-order valence-corrected chi connectivity index (χ0v) is 12.1. The van der Waals surface area contributed by atoms with Crippen molar-refractivity contribution in [1.82, 2.24) is 0 Å². The van der Waals surface area contributed by atoms with Crippen molar-refractivity contribution in [2.24, 2.45) is 0 Å². The fourth-order valence-electron chi connectivity index (χ4n) is 2.13. The zero-order valence-electron chi connectivity index (χ0n) is 11.3. The Balaban J connectivity index is 1.95. The lowest BCUT2D eigenvalue weighted by Crippen LogP contribution is -2.00. The average molecular weight is 274 g/mol. The monoisotopic (exact) mass is 273 g/mol. The highest BCUT2D eigenvalue weighted by Crippen LogP contribution is 2.14. The van der Waals surface area contributed by atoms with Gasteiger partial charge in [-0.3, -0.25) is 0 Å². The number of rotatable bonds is 6. The number of nitrogens with one attached hydrogen (secondary N) is 1. The summed E-state index contributed by atoms with van der Waals surface area (Å²) in [7, 11) is 0. The van der Waals surface area contributed by atoms with Crippen LogP contribution in [0.3, 0.4) is 0 Å². The van der Waals surface area contributed by atoms with E-state index in [1.54, 1.807) is 0 Å². The normalized spacial score (nSPS) is 10.4. The largest absolute Gasteiger partial charge is 0.381 e. The lowest BCUT2D eigenvalue weighted by Gasteiger charge is -2.09. The fraction of sp³-hybridized carbons (Fsp3) is 0.294. The summed E-state index contributed by atoms with van der Waals surface area (Å²) in [6.45, 7) is 2.98. The Morgan fingerprint density at radius 2 is 1.79 bits per heavy atom. The van der Waals surface area contributed by atoms with E-state index in [1.165, 1.54) is 22.4 Å². The van der Waals surface area contributed by atoms with E-state index in [9.17, 15) is 0 Å². The van der Waals surface area contributed by atoms with Gasteiger partial charge >= 0.3 is 0 Å². The first-order valence-electron chi connectivity index (χ1n) is 6.72. The molecule has 100 valence electrons. The Bertz CT molecular complexity index is 522. The SMILES string of the molecule is Cc1cccc(CNc2cccc(CCCCl)c2)c1. The lowest BCUT2D eigenvalue weighted by atomic mass is 10.1. The van der Waals surface area contributed by atoms with Gasteiger partial charge < -0.3 is 5.32 Å². The van der Waals surface area contributed by atoms with Crippen molar-refractivity contribution in [3.63, 3.8) is 0 Å². The second kappa shape index (κ2) is 7.20. The van der Waals surface area contributed by atoms with E-state index in [4.69, 9.17) is 11.6 Å². The summed E-state index contributed by atoms with van der Waals surface area (Å²) in [5.41, 5.74) is 5.13. The molecule has 0 unspecified atom stereocenters. The number of hydrogen-bond donors (Lipinski definition) is 1. The molecule has 2 aromatic carbocycles. The molecule has 0 aliphatic rings. The van der Waals surface area contributed by atoms with Crippen LogP contribution >= 0.6 is 11.6 Å². The predicted octanol–water partition coefficient (Wildman–Crippen LogP) is 4.78. The van der Waals surface area contributed by atoms with E-state index in [1.807, 2.05) is 0 Å². The molecule has 0 spiro atoms. The average Bonchev–Trinajstić information content (AvgIpc) is 2.43. The topological polar surface area (TPSA) is 12.0 Å². The molecule has 0 atom stereocenters. The molecule has 1 N–H and O–H groups in total. The number of alkyl halides is 1. The minimum Gasteiger partial charge on any atom is -0.381 e. The molecule has 2 rings (SSSR count). The van der Waals surface area contributed by atoms with Gasteiger partial charge in [0.2, 0.25) is 0 Å². The second-order valence-electron chi connectivity index (χ2n) is 4.84. The molecule has 0 radical (unpaired) electrons. The molecule has 0 saturated heterocycles. The van der Waals surface area contributed by atoms with Gasteiger partial charge in [-0.25, -0.2) is 0 Å². The zero-order chi connectivity index (χ0) is 13.5. The van der Waals surface area contributed by atoms with Gasteiger partial charge in [-0.1, -0.05) is 42.0 Å². The third kappa shape index (κ3) is 4.60. The molecule has 0 amide bonds. The molecule has 0 aliphatic carbocycles. The molecule has 0 bridgehead atoms. The first-order chi connectivity index (χ1) is 9.28. The molecule has 0 heterocycles. The van der Waals surface area contributed by atoms with Crippen LogP contribution in [0.15, 0.2) is 48.5 Å². The van der Waals surface area contributed by atoms with Crippen LogP contribution in [0.1, 0.15) is 23.1 Å². The van der Waals surface area contributed by atoms with Gasteiger partial charge in [0.25, 0.3) is 0 Å². The fourth-order valence-corrected chi connectivity index (χ4v) is 2.27. The van der Waals surface area contributed by atoms with Gasteiger partial charge in [0, 0.05) is 18.1 Å². The minimum atomic E-state index is 0.723. The van der Waals surface area contributed by atoms with E-state index in [0.717, 1.165) is 25.3 Å². The highest BCUT2D eigenvalue weighted by Gasteiger charge is 1.97. The summed E-state index contributed by atoms with van der Waals surface area (Å²) in [6, 6.07) is 17.2. The maximum absolute atomic E-state index is 5.73. The standard InChI is InChI=1S/C17H20ClN/c1-14-5-2-7-16(11-14)13-19-17-9-3-6-15(12-17)8-4-10-18/h2-3,5-7,9,11-12,19H,4,8,10,13H2,1H3. The van der Waals surface area contributed by atoms with Crippen molar-refractivity contribution < 1.29 is 0 Å². The Morgan fingerprint density at radius 1 is 1.00 bits per heavy atom. The molecular formula is C17H20ClN. The maximum atomic E-state index is 5.73. The summed E-state index contributed by atoms with van der Waals surface area (Å²) < 4.78 is 0. The third-order valence-electron chi connectivity index (χ3n) is 3.11. The summed E-state index contributed by atoms with van der Waals surface area (Å²) in [5, 5.41) is 3.47. The van der Waals surface area contributed by atoms with E-state index >= 15 is 0 Å². The van der Waals surface area contributed by atoms with Gasteiger partial charge in [0.1, 0.15) is 0 Å². The van der Waals surface area contributed by atoms with Crippen LogP contribution < -0.4 is 5.32 Å². The lowest BCUT2D eigenvalue weighted by molar-refractivity contribution is 0.928. The van der Waals surface area contributed by atoms with E-state index < -0.39 is 0 Å². The summed E-state index contributed by atoms with van der Waals surface area (Å²) in [4.78, 5) is 0. The molecule has 0 saturated carbocycles. The van der Waals surface area contributed by atoms with Gasteiger partial charge in [-0.2, -0.15) is 0 Å². The molecule has 1 nitrogen and oxygen atoms in total. The molecule has 0 fully saturated rings. The number of anilines is 1. The molecule has 2 aromatic rings. The molecule has 2 heteroatoms. The number of halogens is 1. The van der Waals surface area contributed by atoms with Crippen LogP contribution in [-0.2, 0) is 13.0 Å². The van der Waals surface area contributed by atoms with Gasteiger partial charge in [0.15, 0.2) is 0 Å². The van der Waals surface area contributed by atoms with Crippen molar-refractivity contribution in [2.45, 2.75) is 26.3 Å². The quantitative estimate of drug-likeness (QED) is 0.747. The summed E-state index contributed by atoms with van der Waals surface area (Å²) >= 11 is 5.73. The van der Waals surface area contributed by atoms with Gasteiger partial charge in [0.05, 0.1) is 0 Å². The number of aryl methyl sites for hydroxylation is 2. The van der Waals surface area contributed by atoms with Crippen LogP contribution in [-0.4, -0.2) is 5.88 Å². The number of benzene rings is 2. The van der Waals surface area contributed by atoms with Crippen LogP contribution in [0.4, 0.5) is 5.69 Å². The van der Waals surface area contributed by atoms with Crippen molar-refractivity contribution in [3.05, 3.63) is 65.2 Å². The minimum absolute atomic E-state index is 0.723. The third-order valence-corrected chi connectivity index (χ3v) is 3.37. The van der Waals surface area contributed by atoms with Gasteiger partial charge in [-0.05, 0) is 43.0 Å². The van der Waals surface area contributed by atoms with Crippen LogP contribution in [0.25, 0.3) is 0 Å². The van der Waals surface area contributed by atoms with Crippen LogP contribution in [0, 0.1) is 6.92 Å². The Labute approximate surface area is 120 Å². The Morgan fingerprint density at radius 3 is 2.58 bits per heavy atom. The van der Waals surface area contributed by atoms with E-state index in [2.05, 4.69) is 60.8 Å². The van der Waals surface area contributed by atoms with E-state index in [-0.39, 0.29) is 0 Å². The molecular weight excluding hydrogens is 254 g/mol. The second-order valence-corrected chi connectivity index (χ2v) is 5.21. The van der Waals surface area contributed by atoms with Crippen molar-refractivity contribution in [2.75, 3.05) is 11.2 Å². The summed E-state index contributed by atoms with van der Waals surface area (Å²) in [5.74, 6) is 0.723. The smallest absolute Gasteiger partial charge is 0.0400 e. The first kappa shape index (κ1) is 14.0. The maximum Gasteiger partial charge on any atom is 0.0400 e. The van der Waals surface area contributed by atoms with Crippen LogP contribution in [0.2, 0.25) is 0 Å². The van der Waals surface area contributed by atoms with Crippen molar-refractivity contribution in [3.8, 4) is 0 Å². The number of hydrogen-bond acceptors (Lipinski definition) is 1. The molecule has 0 aromatic heterocycles.